The van der Waals surface area contributed by atoms with E-state index in [4.69, 9.17) is 0 Å². The highest BCUT2D eigenvalue weighted by atomic mass is 16.2. The van der Waals surface area contributed by atoms with E-state index in [1.54, 1.807) is 4.90 Å². The number of nitrogens with zero attached hydrogens (tertiary/aromatic N) is 5. The van der Waals surface area contributed by atoms with E-state index in [-0.39, 0.29) is 11.7 Å². The second-order valence-electron chi connectivity index (χ2n) is 5.82. The lowest BCUT2D eigenvalue weighted by atomic mass is 10.2. The highest BCUT2D eigenvalue weighted by Crippen LogP contribution is 2.26. The molecule has 2 aromatic heterocycles. The van der Waals surface area contributed by atoms with Gasteiger partial charge in [-0.05, 0) is 6.92 Å². The fourth-order valence-electron chi connectivity index (χ4n) is 2.99. The van der Waals surface area contributed by atoms with Gasteiger partial charge in [-0.15, -0.1) is 0 Å². The maximum Gasteiger partial charge on any atom is 0.279 e. The molecule has 0 spiro atoms. The lowest BCUT2D eigenvalue weighted by Crippen LogP contribution is -2.43. The van der Waals surface area contributed by atoms with Crippen LogP contribution in [0.25, 0.3) is 11.4 Å². The summed E-state index contributed by atoms with van der Waals surface area (Å²) in [5.41, 5.74) is 0.331. The summed E-state index contributed by atoms with van der Waals surface area (Å²) in [6.07, 6.45) is 2.81. The molecule has 0 saturated carbocycles. The largest absolute Gasteiger partial charge is 0.326 e. The number of aromatic nitrogens is 5. The zero-order valence-corrected chi connectivity index (χ0v) is 13.6. The van der Waals surface area contributed by atoms with Crippen molar-refractivity contribution in [1.82, 2.24) is 29.6 Å². The first-order chi connectivity index (χ1) is 12.1. The van der Waals surface area contributed by atoms with Crippen LogP contribution in [0.15, 0.2) is 47.5 Å². The number of rotatable bonds is 2. The van der Waals surface area contributed by atoms with Crippen LogP contribution in [0.4, 0.5) is 0 Å². The molecule has 126 valence electrons. The summed E-state index contributed by atoms with van der Waals surface area (Å²) >= 11 is 0. The quantitative estimate of drug-likeness (QED) is 0.759. The molecule has 0 aliphatic carbocycles. The maximum absolute atomic E-state index is 12.7. The Balaban J connectivity index is 1.67. The molecular weight excluding hydrogens is 320 g/mol. The van der Waals surface area contributed by atoms with Crippen LogP contribution in [0.5, 0.6) is 0 Å². The van der Waals surface area contributed by atoms with E-state index in [9.17, 15) is 9.59 Å². The third-order valence-corrected chi connectivity index (χ3v) is 4.30. The van der Waals surface area contributed by atoms with E-state index in [1.807, 2.05) is 41.9 Å². The van der Waals surface area contributed by atoms with Crippen molar-refractivity contribution in [1.29, 1.82) is 0 Å². The highest BCUT2D eigenvalue weighted by Gasteiger charge is 2.32. The van der Waals surface area contributed by atoms with E-state index in [2.05, 4.69) is 20.1 Å². The molecule has 0 fully saturated rings. The summed E-state index contributed by atoms with van der Waals surface area (Å²) in [7, 11) is 0. The summed E-state index contributed by atoms with van der Waals surface area (Å²) in [4.78, 5) is 37.2. The van der Waals surface area contributed by atoms with Gasteiger partial charge >= 0.3 is 0 Å². The lowest BCUT2D eigenvalue weighted by Gasteiger charge is -2.32. The van der Waals surface area contributed by atoms with Gasteiger partial charge in [0, 0.05) is 24.5 Å². The number of carbonyl (C=O) groups excluding carboxylic acids is 1. The Morgan fingerprint density at radius 3 is 2.80 bits per heavy atom. The molecule has 1 atom stereocenters. The molecule has 3 heterocycles. The second kappa shape index (κ2) is 5.97. The SMILES string of the molecule is C[C@H]1c2nc(-c3ccccc3)nn2CCN1C(=O)c1ncc[nH]c1=O. The Bertz CT molecular complexity index is 978. The Morgan fingerprint density at radius 2 is 2.04 bits per heavy atom. The van der Waals surface area contributed by atoms with Crippen molar-refractivity contribution in [3.8, 4) is 11.4 Å². The van der Waals surface area contributed by atoms with Crippen LogP contribution < -0.4 is 5.56 Å². The molecule has 0 radical (unpaired) electrons. The summed E-state index contributed by atoms with van der Waals surface area (Å²) in [6, 6.07) is 9.40. The molecular formula is C17H16N6O2. The minimum Gasteiger partial charge on any atom is -0.326 e. The number of hydrogen-bond acceptors (Lipinski definition) is 5. The van der Waals surface area contributed by atoms with Crippen LogP contribution in [0, 0.1) is 0 Å². The van der Waals surface area contributed by atoms with Gasteiger partial charge in [0.2, 0.25) is 0 Å². The lowest BCUT2D eigenvalue weighted by molar-refractivity contribution is 0.0622. The van der Waals surface area contributed by atoms with E-state index >= 15 is 0 Å². The first-order valence-electron chi connectivity index (χ1n) is 8.00. The molecule has 1 aliphatic heterocycles. The Kier molecular flexibility index (Phi) is 3.64. The molecule has 25 heavy (non-hydrogen) atoms. The minimum atomic E-state index is -0.489. The van der Waals surface area contributed by atoms with Gasteiger partial charge in [0.15, 0.2) is 11.5 Å². The minimum absolute atomic E-state index is 0.106. The molecule has 1 N–H and O–H groups in total. The van der Waals surface area contributed by atoms with Crippen LogP contribution in [0.1, 0.15) is 29.3 Å². The fraction of sp³-hybridized carbons (Fsp3) is 0.235. The molecule has 0 saturated heterocycles. The predicted octanol–water partition coefficient (Wildman–Crippen LogP) is 1.25. The highest BCUT2D eigenvalue weighted by molar-refractivity contribution is 5.92. The fourth-order valence-corrected chi connectivity index (χ4v) is 2.99. The molecule has 3 aromatic rings. The summed E-state index contributed by atoms with van der Waals surface area (Å²) in [5, 5.41) is 4.54. The van der Waals surface area contributed by atoms with Crippen molar-refractivity contribution in [2.75, 3.05) is 6.54 Å². The van der Waals surface area contributed by atoms with Gasteiger partial charge in [0.25, 0.3) is 11.5 Å². The van der Waals surface area contributed by atoms with Crippen LogP contribution in [-0.2, 0) is 6.54 Å². The Morgan fingerprint density at radius 1 is 1.24 bits per heavy atom. The Labute approximate surface area is 143 Å². The van der Waals surface area contributed by atoms with Crippen molar-refractivity contribution >= 4 is 5.91 Å². The van der Waals surface area contributed by atoms with Crippen LogP contribution in [0.3, 0.4) is 0 Å². The summed E-state index contributed by atoms with van der Waals surface area (Å²) in [6.45, 7) is 2.85. The topological polar surface area (TPSA) is 96.8 Å². The molecule has 4 rings (SSSR count). The smallest absolute Gasteiger partial charge is 0.279 e. The normalized spacial score (nSPS) is 16.5. The van der Waals surface area contributed by atoms with E-state index in [1.165, 1.54) is 12.4 Å². The standard InChI is InChI=1S/C17H16N6O2/c1-11-15-20-14(12-5-3-2-4-6-12)21-23(15)10-9-22(11)17(25)13-16(24)19-8-7-18-13/h2-8,11H,9-10H2,1H3,(H,19,24)/t11-/m0/s1. The van der Waals surface area contributed by atoms with Crippen LogP contribution in [0.2, 0.25) is 0 Å². The second-order valence-corrected chi connectivity index (χ2v) is 5.82. The van der Waals surface area contributed by atoms with Crippen LogP contribution in [-0.4, -0.2) is 42.1 Å². The Hall–Kier alpha value is -3.29. The van der Waals surface area contributed by atoms with Crippen molar-refractivity contribution in [2.45, 2.75) is 19.5 Å². The maximum atomic E-state index is 12.7. The zero-order valence-electron chi connectivity index (χ0n) is 13.6. The molecule has 1 amide bonds. The first-order valence-corrected chi connectivity index (χ1v) is 8.00. The number of carbonyl (C=O) groups is 1. The first kappa shape index (κ1) is 15.3. The van der Waals surface area contributed by atoms with Crippen LogP contribution >= 0.6 is 0 Å². The molecule has 0 unspecified atom stereocenters. The summed E-state index contributed by atoms with van der Waals surface area (Å²) < 4.78 is 1.82. The number of nitrogens with one attached hydrogen (secondary N) is 1. The molecule has 8 nitrogen and oxygen atoms in total. The van der Waals surface area contributed by atoms with Gasteiger partial charge in [0.1, 0.15) is 5.82 Å². The zero-order chi connectivity index (χ0) is 17.4. The van der Waals surface area contributed by atoms with Crippen molar-refractivity contribution in [3.63, 3.8) is 0 Å². The number of amides is 1. The van der Waals surface area contributed by atoms with E-state index in [0.29, 0.717) is 24.7 Å². The van der Waals surface area contributed by atoms with Gasteiger partial charge in [-0.3, -0.25) is 9.59 Å². The number of H-pyrrole nitrogens is 1. The number of fused-ring (bicyclic) bond motifs is 1. The predicted molar refractivity (Wildman–Crippen MR) is 89.8 cm³/mol. The average molecular weight is 336 g/mol. The third kappa shape index (κ3) is 2.61. The molecule has 1 aliphatic rings. The average Bonchev–Trinajstić information content (AvgIpc) is 3.08. The molecule has 8 heteroatoms. The number of benzene rings is 1. The molecule has 0 bridgehead atoms. The van der Waals surface area contributed by atoms with Crippen molar-refractivity contribution in [3.05, 3.63) is 64.6 Å². The van der Waals surface area contributed by atoms with Gasteiger partial charge in [-0.25, -0.2) is 14.6 Å². The van der Waals surface area contributed by atoms with E-state index in [0.717, 1.165) is 5.56 Å². The van der Waals surface area contributed by atoms with Crippen molar-refractivity contribution in [2.24, 2.45) is 0 Å². The number of hydrogen-bond donors (Lipinski definition) is 1. The van der Waals surface area contributed by atoms with Gasteiger partial charge < -0.3 is 9.88 Å². The van der Waals surface area contributed by atoms with E-state index < -0.39 is 11.5 Å². The summed E-state index contributed by atoms with van der Waals surface area (Å²) in [5.74, 6) is 0.933. The van der Waals surface area contributed by atoms with Gasteiger partial charge in [-0.1, -0.05) is 30.3 Å². The van der Waals surface area contributed by atoms with Gasteiger partial charge in [-0.2, -0.15) is 5.10 Å². The van der Waals surface area contributed by atoms with Gasteiger partial charge in [0.05, 0.1) is 12.6 Å². The number of aromatic amines is 1. The molecule has 1 aromatic carbocycles. The third-order valence-electron chi connectivity index (χ3n) is 4.30. The van der Waals surface area contributed by atoms with Crippen molar-refractivity contribution < 1.29 is 4.79 Å². The monoisotopic (exact) mass is 336 g/mol.